The van der Waals surface area contributed by atoms with Crippen LogP contribution in [0.4, 0.5) is 0 Å². The van der Waals surface area contributed by atoms with Crippen molar-refractivity contribution in [1.29, 1.82) is 0 Å². The summed E-state index contributed by atoms with van der Waals surface area (Å²) in [7, 11) is 4.25. The fourth-order valence-electron chi connectivity index (χ4n) is 1.45. The van der Waals surface area contributed by atoms with Gasteiger partial charge in [0.05, 0.1) is 0 Å². The normalized spacial score (nSPS) is 15.9. The molecule has 2 rings (SSSR count). The number of rotatable bonds is 4. The second-order valence-electron chi connectivity index (χ2n) is 3.84. The predicted octanol–water partition coefficient (Wildman–Crippen LogP) is 2.97. The molecule has 0 aliphatic carbocycles. The first-order valence-electron chi connectivity index (χ1n) is 5.13. The van der Waals surface area contributed by atoms with E-state index in [1.165, 1.54) is 16.2 Å². The van der Waals surface area contributed by atoms with Gasteiger partial charge in [0.1, 0.15) is 0 Å². The maximum Gasteiger partial charge on any atom is 0.0388 e. The molecule has 1 aliphatic heterocycles. The molecule has 15 heavy (non-hydrogen) atoms. The van der Waals surface area contributed by atoms with Gasteiger partial charge in [0.25, 0.3) is 0 Å². The minimum Gasteiger partial charge on any atom is -0.309 e. The molecule has 4 heteroatoms. The van der Waals surface area contributed by atoms with Gasteiger partial charge in [0, 0.05) is 16.3 Å². The number of hydrogen-bond donors (Lipinski definition) is 0. The molecule has 1 aromatic carbocycles. The molecule has 0 saturated heterocycles. The third kappa shape index (κ3) is 3.14. The van der Waals surface area contributed by atoms with Gasteiger partial charge in [-0.15, -0.1) is 0 Å². The molecule has 0 fully saturated rings. The van der Waals surface area contributed by atoms with E-state index < -0.39 is 0 Å². The summed E-state index contributed by atoms with van der Waals surface area (Å²) in [5.41, 5.74) is 0. The first-order chi connectivity index (χ1) is 7.25. The zero-order valence-corrected chi connectivity index (χ0v) is 10.8. The summed E-state index contributed by atoms with van der Waals surface area (Å²) in [6.07, 6.45) is 1.22. The molecule has 0 amide bonds. The van der Waals surface area contributed by atoms with Gasteiger partial charge in [-0.05, 0) is 63.1 Å². The van der Waals surface area contributed by atoms with Crippen LogP contribution in [-0.4, -0.2) is 35.8 Å². The van der Waals surface area contributed by atoms with E-state index >= 15 is 0 Å². The monoisotopic (exact) mass is 240 g/mol. The van der Waals surface area contributed by atoms with Crippen LogP contribution in [0.15, 0.2) is 34.1 Å². The molecule has 0 bridgehead atoms. The topological polar surface area (TPSA) is 6.48 Å². The number of fused-ring (bicyclic) bond motifs is 1. The smallest absolute Gasteiger partial charge is 0.0388 e. The van der Waals surface area contributed by atoms with Crippen LogP contribution >= 0.6 is 23.9 Å². The number of hydrogen-bond acceptors (Lipinski definition) is 4. The molecular formula is C11H16N2S2. The molecule has 1 aliphatic rings. The molecule has 2 nitrogen and oxygen atoms in total. The molecule has 0 aromatic heterocycles. The standard InChI is InChI=1S/C11H16N2S2/c1-12(2)8-5-9-13-14-10-6-3-4-7-11(10)15-13/h3-4,6-7H,5,8-9H2,1-2H3. The van der Waals surface area contributed by atoms with E-state index in [2.05, 4.69) is 47.0 Å². The largest absolute Gasteiger partial charge is 0.309 e. The Morgan fingerprint density at radius 3 is 2.27 bits per heavy atom. The van der Waals surface area contributed by atoms with E-state index in [1.54, 1.807) is 0 Å². The third-order valence-electron chi connectivity index (χ3n) is 2.20. The molecule has 1 heterocycles. The number of benzene rings is 1. The summed E-state index contributed by atoms with van der Waals surface area (Å²) in [5, 5.41) is 0. The first-order valence-corrected chi connectivity index (χ1v) is 6.67. The fourth-order valence-corrected chi connectivity index (χ4v) is 3.78. The summed E-state index contributed by atoms with van der Waals surface area (Å²) in [5.74, 6) is 0. The van der Waals surface area contributed by atoms with Crippen LogP contribution in [0.3, 0.4) is 0 Å². The zero-order valence-electron chi connectivity index (χ0n) is 9.14. The Bertz CT molecular complexity index is 303. The lowest BCUT2D eigenvalue weighted by atomic mass is 10.4. The van der Waals surface area contributed by atoms with Crippen LogP contribution in [0, 0.1) is 0 Å². The quantitative estimate of drug-likeness (QED) is 0.746. The summed E-state index contributed by atoms with van der Waals surface area (Å²) in [4.78, 5) is 5.03. The fraction of sp³-hybridized carbons (Fsp3) is 0.455. The maximum absolute atomic E-state index is 2.37. The van der Waals surface area contributed by atoms with Crippen molar-refractivity contribution >= 4 is 23.9 Å². The Hall–Kier alpha value is -0.160. The van der Waals surface area contributed by atoms with E-state index in [9.17, 15) is 0 Å². The van der Waals surface area contributed by atoms with E-state index in [0.717, 1.165) is 13.1 Å². The van der Waals surface area contributed by atoms with Gasteiger partial charge in [0.2, 0.25) is 0 Å². The van der Waals surface area contributed by atoms with E-state index in [0.29, 0.717) is 0 Å². The number of nitrogens with zero attached hydrogens (tertiary/aromatic N) is 2. The minimum absolute atomic E-state index is 1.14. The Morgan fingerprint density at radius 1 is 1.13 bits per heavy atom. The SMILES string of the molecule is CN(C)CCCN1Sc2ccccc2S1. The summed E-state index contributed by atoms with van der Waals surface area (Å²) >= 11 is 3.73. The average Bonchev–Trinajstić information content (AvgIpc) is 2.59. The summed E-state index contributed by atoms with van der Waals surface area (Å²) in [6.45, 7) is 2.30. The van der Waals surface area contributed by atoms with Crippen molar-refractivity contribution in [2.75, 3.05) is 27.2 Å². The van der Waals surface area contributed by atoms with Gasteiger partial charge in [-0.2, -0.15) is 3.71 Å². The van der Waals surface area contributed by atoms with Crippen molar-refractivity contribution in [3.05, 3.63) is 24.3 Å². The lowest BCUT2D eigenvalue weighted by Gasteiger charge is -2.14. The molecule has 0 saturated carbocycles. The Labute approximate surface area is 100 Å². The van der Waals surface area contributed by atoms with Gasteiger partial charge in [-0.3, -0.25) is 0 Å². The first kappa shape index (κ1) is 11.3. The molecule has 0 N–H and O–H groups in total. The van der Waals surface area contributed by atoms with Crippen LogP contribution in [0.1, 0.15) is 6.42 Å². The highest BCUT2D eigenvalue weighted by Crippen LogP contribution is 2.45. The second kappa shape index (κ2) is 5.25. The lowest BCUT2D eigenvalue weighted by molar-refractivity contribution is 0.393. The van der Waals surface area contributed by atoms with Crippen molar-refractivity contribution in [3.63, 3.8) is 0 Å². The predicted molar refractivity (Wildman–Crippen MR) is 68.0 cm³/mol. The molecule has 0 radical (unpaired) electrons. The van der Waals surface area contributed by atoms with E-state index in [1.807, 2.05) is 23.9 Å². The second-order valence-corrected chi connectivity index (χ2v) is 6.20. The molecular weight excluding hydrogens is 224 g/mol. The Morgan fingerprint density at radius 2 is 1.73 bits per heavy atom. The van der Waals surface area contributed by atoms with Crippen molar-refractivity contribution in [2.45, 2.75) is 16.2 Å². The van der Waals surface area contributed by atoms with Gasteiger partial charge in [0.15, 0.2) is 0 Å². The molecule has 82 valence electrons. The van der Waals surface area contributed by atoms with Crippen molar-refractivity contribution in [2.24, 2.45) is 0 Å². The van der Waals surface area contributed by atoms with Crippen LogP contribution in [0.25, 0.3) is 0 Å². The Balaban J connectivity index is 1.80. The molecule has 1 aromatic rings. The van der Waals surface area contributed by atoms with Crippen LogP contribution < -0.4 is 0 Å². The van der Waals surface area contributed by atoms with E-state index in [-0.39, 0.29) is 0 Å². The molecule has 0 atom stereocenters. The lowest BCUT2D eigenvalue weighted by Crippen LogP contribution is -2.17. The van der Waals surface area contributed by atoms with Crippen LogP contribution in [0.2, 0.25) is 0 Å². The molecule has 0 spiro atoms. The van der Waals surface area contributed by atoms with Gasteiger partial charge < -0.3 is 4.90 Å². The van der Waals surface area contributed by atoms with Crippen LogP contribution in [0.5, 0.6) is 0 Å². The average molecular weight is 240 g/mol. The molecule has 0 unspecified atom stereocenters. The van der Waals surface area contributed by atoms with Gasteiger partial charge in [-0.1, -0.05) is 12.1 Å². The Kier molecular flexibility index (Phi) is 3.97. The van der Waals surface area contributed by atoms with Crippen LogP contribution in [-0.2, 0) is 0 Å². The minimum atomic E-state index is 1.14. The highest BCUT2D eigenvalue weighted by Gasteiger charge is 2.19. The maximum atomic E-state index is 2.37. The van der Waals surface area contributed by atoms with Gasteiger partial charge >= 0.3 is 0 Å². The zero-order chi connectivity index (χ0) is 10.7. The summed E-state index contributed by atoms with van der Waals surface area (Å²) in [6, 6.07) is 8.60. The van der Waals surface area contributed by atoms with Crippen molar-refractivity contribution < 1.29 is 0 Å². The van der Waals surface area contributed by atoms with Crippen molar-refractivity contribution in [3.8, 4) is 0 Å². The van der Waals surface area contributed by atoms with Crippen molar-refractivity contribution in [1.82, 2.24) is 8.61 Å². The highest BCUT2D eigenvalue weighted by atomic mass is 32.2. The summed E-state index contributed by atoms with van der Waals surface area (Å²) < 4.78 is 2.37. The van der Waals surface area contributed by atoms with Gasteiger partial charge in [-0.25, -0.2) is 0 Å². The third-order valence-corrected chi connectivity index (χ3v) is 4.65. The van der Waals surface area contributed by atoms with E-state index in [4.69, 9.17) is 0 Å². The highest BCUT2D eigenvalue weighted by molar-refractivity contribution is 8.14.